The molecule has 1 aromatic carbocycles. The summed E-state index contributed by atoms with van der Waals surface area (Å²) >= 11 is 1.46. The fourth-order valence-electron chi connectivity index (χ4n) is 1.36. The Hall–Kier alpha value is -1.46. The Kier molecular flexibility index (Phi) is 3.71. The van der Waals surface area contributed by atoms with Crippen molar-refractivity contribution in [3.8, 4) is 5.75 Å². The van der Waals surface area contributed by atoms with Crippen LogP contribution in [0.1, 0.15) is 23.5 Å². The summed E-state index contributed by atoms with van der Waals surface area (Å²) in [6, 6.07) is 4.46. The SMILES string of the molecule is CC(O)c1ccc(OCc2cncs2)c(F)c1. The topological polar surface area (TPSA) is 42.4 Å². The van der Waals surface area contributed by atoms with Crippen LogP contribution in [0.2, 0.25) is 0 Å². The molecule has 1 aromatic heterocycles. The largest absolute Gasteiger partial charge is 0.485 e. The van der Waals surface area contributed by atoms with Crippen LogP contribution in [0.3, 0.4) is 0 Å². The third-order valence-corrected chi connectivity index (χ3v) is 3.04. The van der Waals surface area contributed by atoms with Crippen LogP contribution in [-0.4, -0.2) is 10.1 Å². The summed E-state index contributed by atoms with van der Waals surface area (Å²) in [6.07, 6.45) is 1.01. The quantitative estimate of drug-likeness (QED) is 0.911. The Morgan fingerprint density at radius 3 is 2.94 bits per heavy atom. The van der Waals surface area contributed by atoms with E-state index in [0.717, 1.165) is 4.88 Å². The maximum Gasteiger partial charge on any atom is 0.165 e. The number of rotatable bonds is 4. The number of halogens is 1. The second-order valence-corrected chi connectivity index (χ2v) is 4.59. The van der Waals surface area contributed by atoms with Crippen molar-refractivity contribution in [3.63, 3.8) is 0 Å². The number of thiazole rings is 1. The van der Waals surface area contributed by atoms with Gasteiger partial charge in [-0.3, -0.25) is 4.98 Å². The number of aliphatic hydroxyl groups is 1. The van der Waals surface area contributed by atoms with Crippen LogP contribution in [0.15, 0.2) is 29.9 Å². The lowest BCUT2D eigenvalue weighted by atomic mass is 10.1. The minimum Gasteiger partial charge on any atom is -0.485 e. The molecule has 1 unspecified atom stereocenters. The highest BCUT2D eigenvalue weighted by atomic mass is 32.1. The molecule has 2 aromatic rings. The Morgan fingerprint density at radius 2 is 2.35 bits per heavy atom. The lowest BCUT2D eigenvalue weighted by Gasteiger charge is -2.09. The molecule has 1 heterocycles. The van der Waals surface area contributed by atoms with Crippen LogP contribution in [-0.2, 0) is 6.61 Å². The van der Waals surface area contributed by atoms with Crippen molar-refractivity contribution < 1.29 is 14.2 Å². The first-order valence-corrected chi connectivity index (χ1v) is 6.02. The van der Waals surface area contributed by atoms with E-state index in [-0.39, 0.29) is 5.75 Å². The molecule has 0 saturated carbocycles. The zero-order valence-corrected chi connectivity index (χ0v) is 10.1. The molecule has 0 saturated heterocycles. The van der Waals surface area contributed by atoms with E-state index in [9.17, 15) is 9.50 Å². The molecule has 0 bridgehead atoms. The molecule has 1 atom stereocenters. The number of nitrogens with zero attached hydrogens (tertiary/aromatic N) is 1. The molecule has 0 aliphatic heterocycles. The maximum atomic E-state index is 13.6. The number of ether oxygens (including phenoxy) is 1. The normalized spacial score (nSPS) is 12.4. The van der Waals surface area contributed by atoms with Crippen LogP contribution in [0.5, 0.6) is 5.75 Å². The van der Waals surface area contributed by atoms with E-state index < -0.39 is 11.9 Å². The van der Waals surface area contributed by atoms with Gasteiger partial charge in [-0.2, -0.15) is 0 Å². The van der Waals surface area contributed by atoms with Gasteiger partial charge in [-0.15, -0.1) is 11.3 Å². The summed E-state index contributed by atoms with van der Waals surface area (Å²) in [6.45, 7) is 1.89. The van der Waals surface area contributed by atoms with Gasteiger partial charge in [0.1, 0.15) is 6.61 Å². The number of benzene rings is 1. The molecule has 0 radical (unpaired) electrons. The molecule has 90 valence electrons. The van der Waals surface area contributed by atoms with Crippen molar-refractivity contribution >= 4 is 11.3 Å². The van der Waals surface area contributed by atoms with Crippen molar-refractivity contribution in [2.45, 2.75) is 19.6 Å². The van der Waals surface area contributed by atoms with Crippen LogP contribution in [0, 0.1) is 5.82 Å². The predicted molar refractivity (Wildman–Crippen MR) is 63.5 cm³/mol. The Bertz CT molecular complexity index is 485. The van der Waals surface area contributed by atoms with E-state index >= 15 is 0 Å². The molecule has 17 heavy (non-hydrogen) atoms. The predicted octanol–water partition coefficient (Wildman–Crippen LogP) is 2.91. The van der Waals surface area contributed by atoms with E-state index in [4.69, 9.17) is 4.74 Å². The summed E-state index contributed by atoms with van der Waals surface area (Å²) in [7, 11) is 0. The van der Waals surface area contributed by atoms with Crippen LogP contribution < -0.4 is 4.74 Å². The second kappa shape index (κ2) is 5.25. The highest BCUT2D eigenvalue weighted by Crippen LogP contribution is 2.23. The first-order valence-electron chi connectivity index (χ1n) is 5.14. The van der Waals surface area contributed by atoms with E-state index in [2.05, 4.69) is 4.98 Å². The fourth-order valence-corrected chi connectivity index (χ4v) is 1.86. The molecular formula is C12H12FNO2S. The molecule has 0 fully saturated rings. The van der Waals surface area contributed by atoms with Crippen molar-refractivity contribution in [1.29, 1.82) is 0 Å². The van der Waals surface area contributed by atoms with Crippen LogP contribution >= 0.6 is 11.3 Å². The molecule has 0 spiro atoms. The Morgan fingerprint density at radius 1 is 1.53 bits per heavy atom. The minimum atomic E-state index is -0.681. The van der Waals surface area contributed by atoms with Crippen molar-refractivity contribution in [1.82, 2.24) is 4.98 Å². The van der Waals surface area contributed by atoms with E-state index in [1.807, 2.05) is 0 Å². The van der Waals surface area contributed by atoms with Gasteiger partial charge in [0.15, 0.2) is 11.6 Å². The zero-order chi connectivity index (χ0) is 12.3. The van der Waals surface area contributed by atoms with Crippen molar-refractivity contribution in [2.75, 3.05) is 0 Å². The number of aromatic nitrogens is 1. The van der Waals surface area contributed by atoms with Gasteiger partial charge in [0.05, 0.1) is 16.5 Å². The van der Waals surface area contributed by atoms with Crippen LogP contribution in [0.4, 0.5) is 4.39 Å². The van der Waals surface area contributed by atoms with E-state index in [1.54, 1.807) is 24.7 Å². The monoisotopic (exact) mass is 253 g/mol. The maximum absolute atomic E-state index is 13.6. The smallest absolute Gasteiger partial charge is 0.165 e. The summed E-state index contributed by atoms with van der Waals surface area (Å²) < 4.78 is 18.9. The van der Waals surface area contributed by atoms with E-state index in [1.165, 1.54) is 23.5 Å². The van der Waals surface area contributed by atoms with Gasteiger partial charge in [0, 0.05) is 6.20 Å². The fraction of sp³-hybridized carbons (Fsp3) is 0.250. The average Bonchev–Trinajstić information content (AvgIpc) is 2.80. The molecule has 0 aliphatic carbocycles. The van der Waals surface area contributed by atoms with Gasteiger partial charge >= 0.3 is 0 Å². The second-order valence-electron chi connectivity index (χ2n) is 3.62. The van der Waals surface area contributed by atoms with Gasteiger partial charge in [-0.05, 0) is 24.6 Å². The number of hydrogen-bond acceptors (Lipinski definition) is 4. The number of hydrogen-bond donors (Lipinski definition) is 1. The van der Waals surface area contributed by atoms with E-state index in [0.29, 0.717) is 12.2 Å². The van der Waals surface area contributed by atoms with Gasteiger partial charge in [-0.1, -0.05) is 6.07 Å². The third-order valence-electron chi connectivity index (χ3n) is 2.29. The third kappa shape index (κ3) is 3.01. The molecule has 1 N–H and O–H groups in total. The average molecular weight is 253 g/mol. The molecule has 0 amide bonds. The molecular weight excluding hydrogens is 241 g/mol. The summed E-state index contributed by atoms with van der Waals surface area (Å²) in [5.41, 5.74) is 2.23. The Balaban J connectivity index is 2.06. The lowest BCUT2D eigenvalue weighted by molar-refractivity contribution is 0.198. The summed E-state index contributed by atoms with van der Waals surface area (Å²) in [4.78, 5) is 4.84. The molecule has 0 aliphatic rings. The Labute approximate surface area is 103 Å². The lowest BCUT2D eigenvalue weighted by Crippen LogP contribution is -1.98. The first-order chi connectivity index (χ1) is 8.16. The van der Waals surface area contributed by atoms with Gasteiger partial charge in [-0.25, -0.2) is 4.39 Å². The minimum absolute atomic E-state index is 0.183. The molecule has 2 rings (SSSR count). The highest BCUT2D eigenvalue weighted by molar-refractivity contribution is 7.09. The zero-order valence-electron chi connectivity index (χ0n) is 9.26. The van der Waals surface area contributed by atoms with Crippen molar-refractivity contribution in [3.05, 3.63) is 46.2 Å². The van der Waals surface area contributed by atoms with Crippen LogP contribution in [0.25, 0.3) is 0 Å². The first kappa shape index (κ1) is 12.0. The number of aliphatic hydroxyl groups excluding tert-OH is 1. The standard InChI is InChI=1S/C12H12FNO2S/c1-8(15)9-2-3-12(11(13)4-9)16-6-10-5-14-7-17-10/h2-5,7-8,15H,6H2,1H3. The highest BCUT2D eigenvalue weighted by Gasteiger charge is 2.08. The van der Waals surface area contributed by atoms with Gasteiger partial charge < -0.3 is 9.84 Å². The van der Waals surface area contributed by atoms with Gasteiger partial charge in [0.25, 0.3) is 0 Å². The molecule has 3 nitrogen and oxygen atoms in total. The summed E-state index contributed by atoms with van der Waals surface area (Å²) in [5.74, 6) is -0.282. The molecule has 5 heteroatoms. The van der Waals surface area contributed by atoms with Crippen molar-refractivity contribution in [2.24, 2.45) is 0 Å². The summed E-state index contributed by atoms with van der Waals surface area (Å²) in [5, 5.41) is 9.31. The van der Waals surface area contributed by atoms with Gasteiger partial charge in [0.2, 0.25) is 0 Å².